The molecule has 2 heterocycles. The topological polar surface area (TPSA) is 93.3 Å². The molecule has 0 radical (unpaired) electrons. The smallest absolute Gasteiger partial charge is 0.224 e. The zero-order chi connectivity index (χ0) is 19.8. The molecule has 1 aromatic heterocycles. The van der Waals surface area contributed by atoms with Crippen LogP contribution in [0.4, 0.5) is 5.69 Å². The average molecular weight is 383 g/mol. The molecule has 0 atom stereocenters. The van der Waals surface area contributed by atoms with E-state index >= 15 is 0 Å². The Bertz CT molecular complexity index is 750. The van der Waals surface area contributed by atoms with E-state index in [1.54, 1.807) is 6.20 Å². The summed E-state index contributed by atoms with van der Waals surface area (Å²) in [4.78, 5) is 25.7. The third-order valence-corrected chi connectivity index (χ3v) is 5.29. The quantitative estimate of drug-likeness (QED) is 0.693. The van der Waals surface area contributed by atoms with Gasteiger partial charge in [0.05, 0.1) is 0 Å². The molecule has 0 spiro atoms. The largest absolute Gasteiger partial charge is 0.369 e. The highest BCUT2D eigenvalue weighted by Gasteiger charge is 2.22. The van der Waals surface area contributed by atoms with E-state index in [0.717, 1.165) is 57.5 Å². The molecule has 0 aliphatic carbocycles. The molecule has 1 aliphatic rings. The fourth-order valence-electron chi connectivity index (χ4n) is 3.54. The lowest BCUT2D eigenvalue weighted by molar-refractivity contribution is -0.123. The monoisotopic (exact) mass is 383 g/mol. The van der Waals surface area contributed by atoms with Crippen molar-refractivity contribution in [1.29, 1.82) is 0 Å². The van der Waals surface area contributed by atoms with Crippen molar-refractivity contribution in [3.8, 4) is 0 Å². The molecule has 28 heavy (non-hydrogen) atoms. The molecular formula is C21H29N5O2. The summed E-state index contributed by atoms with van der Waals surface area (Å²) in [5.74, 6) is -0.102. The number of benzene rings is 1. The summed E-state index contributed by atoms with van der Waals surface area (Å²) in [5, 5.41) is 7.08. The zero-order valence-corrected chi connectivity index (χ0v) is 16.2. The molecule has 0 bridgehead atoms. The minimum atomic E-state index is -0.168. The highest BCUT2D eigenvalue weighted by Crippen LogP contribution is 2.17. The van der Waals surface area contributed by atoms with Crippen molar-refractivity contribution in [3.05, 3.63) is 48.3 Å². The number of likely N-dealkylation sites (tertiary alicyclic amines) is 1. The number of anilines is 1. The summed E-state index contributed by atoms with van der Waals surface area (Å²) in [6, 6.07) is 9.93. The normalized spacial score (nSPS) is 15.4. The van der Waals surface area contributed by atoms with E-state index in [1.165, 1.54) is 5.56 Å². The molecule has 0 saturated carbocycles. The number of nitrogens with zero attached hydrogens (tertiary/aromatic N) is 3. The first-order chi connectivity index (χ1) is 13.6. The number of aryl methyl sites for hydroxylation is 1. The highest BCUT2D eigenvalue weighted by molar-refractivity contribution is 5.90. The maximum Gasteiger partial charge on any atom is 0.224 e. The average Bonchev–Trinajstić information content (AvgIpc) is 3.21. The Kier molecular flexibility index (Phi) is 7.19. The van der Waals surface area contributed by atoms with Gasteiger partial charge in [0.1, 0.15) is 0 Å². The third kappa shape index (κ3) is 6.20. The molecule has 1 aliphatic heterocycles. The van der Waals surface area contributed by atoms with Crippen molar-refractivity contribution in [1.82, 2.24) is 14.7 Å². The van der Waals surface area contributed by atoms with Crippen LogP contribution in [0.15, 0.2) is 42.7 Å². The second-order valence-electron chi connectivity index (χ2n) is 7.39. The first-order valence-electron chi connectivity index (χ1n) is 9.98. The van der Waals surface area contributed by atoms with Gasteiger partial charge in [-0.25, -0.2) is 0 Å². The van der Waals surface area contributed by atoms with E-state index in [1.807, 2.05) is 29.1 Å². The van der Waals surface area contributed by atoms with Gasteiger partial charge >= 0.3 is 0 Å². The lowest BCUT2D eigenvalue weighted by Gasteiger charge is -2.30. The van der Waals surface area contributed by atoms with Crippen molar-refractivity contribution >= 4 is 17.5 Å². The van der Waals surface area contributed by atoms with E-state index in [0.29, 0.717) is 6.42 Å². The Morgan fingerprint density at radius 1 is 1.14 bits per heavy atom. The molecule has 0 unspecified atom stereocenters. The molecule has 7 heteroatoms. The van der Waals surface area contributed by atoms with Crippen LogP contribution < -0.4 is 11.1 Å². The van der Waals surface area contributed by atoms with Gasteiger partial charge in [-0.15, -0.1) is 0 Å². The van der Waals surface area contributed by atoms with Crippen molar-refractivity contribution < 1.29 is 9.59 Å². The van der Waals surface area contributed by atoms with E-state index < -0.39 is 0 Å². The number of hydrogen-bond donors (Lipinski definition) is 2. The zero-order valence-electron chi connectivity index (χ0n) is 16.2. The van der Waals surface area contributed by atoms with Crippen molar-refractivity contribution in [3.63, 3.8) is 0 Å². The predicted molar refractivity (Wildman–Crippen MR) is 109 cm³/mol. The first-order valence-corrected chi connectivity index (χ1v) is 9.98. The van der Waals surface area contributed by atoms with Crippen LogP contribution in [0.25, 0.3) is 0 Å². The Balaban J connectivity index is 1.35. The third-order valence-electron chi connectivity index (χ3n) is 5.29. The molecule has 1 fully saturated rings. The number of nitrogens with two attached hydrogens (primary N) is 1. The lowest BCUT2D eigenvalue weighted by Crippen LogP contribution is -2.39. The van der Waals surface area contributed by atoms with Gasteiger partial charge in [0, 0.05) is 43.5 Å². The van der Waals surface area contributed by atoms with Gasteiger partial charge in [-0.1, -0.05) is 12.1 Å². The highest BCUT2D eigenvalue weighted by atomic mass is 16.2. The van der Waals surface area contributed by atoms with Crippen LogP contribution in [0.1, 0.15) is 31.2 Å². The molecular weight excluding hydrogens is 354 g/mol. The summed E-state index contributed by atoms with van der Waals surface area (Å²) >= 11 is 0. The van der Waals surface area contributed by atoms with Crippen LogP contribution in [-0.2, 0) is 22.6 Å². The number of primary amides is 1. The lowest BCUT2D eigenvalue weighted by atomic mass is 9.96. The number of piperidine rings is 1. The fourth-order valence-corrected chi connectivity index (χ4v) is 3.54. The summed E-state index contributed by atoms with van der Waals surface area (Å²) < 4.78 is 1.83. The Morgan fingerprint density at radius 3 is 2.54 bits per heavy atom. The molecule has 3 N–H and O–H groups in total. The van der Waals surface area contributed by atoms with Crippen LogP contribution in [0.3, 0.4) is 0 Å². The van der Waals surface area contributed by atoms with Gasteiger partial charge in [-0.05, 0) is 62.5 Å². The molecule has 3 rings (SSSR count). The Hall–Kier alpha value is -2.67. The second kappa shape index (κ2) is 10.0. The fraction of sp³-hybridized carbons (Fsp3) is 0.476. The SMILES string of the molecule is NC(=O)C1CCN(CCc2ccc(NC(=O)CCCn3cccn3)cc2)CC1. The molecule has 1 aromatic carbocycles. The predicted octanol–water partition coefficient (Wildman–Crippen LogP) is 2.04. The molecule has 2 aromatic rings. The minimum Gasteiger partial charge on any atom is -0.369 e. The molecule has 150 valence electrons. The van der Waals surface area contributed by atoms with Crippen LogP contribution in [0, 0.1) is 5.92 Å². The number of rotatable bonds is 9. The van der Waals surface area contributed by atoms with Crippen molar-refractivity contribution in [2.75, 3.05) is 25.0 Å². The Morgan fingerprint density at radius 2 is 1.89 bits per heavy atom. The summed E-state index contributed by atoms with van der Waals surface area (Å²) in [6.45, 7) is 3.58. The number of nitrogens with one attached hydrogen (secondary N) is 1. The summed E-state index contributed by atoms with van der Waals surface area (Å²) in [5.41, 5.74) is 7.46. The van der Waals surface area contributed by atoms with Crippen molar-refractivity contribution in [2.45, 2.75) is 38.6 Å². The number of carbonyl (C=O) groups excluding carboxylic acids is 2. The minimum absolute atomic E-state index is 0.0252. The van der Waals surface area contributed by atoms with E-state index in [4.69, 9.17) is 5.73 Å². The van der Waals surface area contributed by atoms with Gasteiger partial charge in [0.2, 0.25) is 11.8 Å². The van der Waals surface area contributed by atoms with Crippen molar-refractivity contribution in [2.24, 2.45) is 11.7 Å². The van der Waals surface area contributed by atoms with Gasteiger partial charge < -0.3 is 16.0 Å². The van der Waals surface area contributed by atoms with Gasteiger partial charge in [0.25, 0.3) is 0 Å². The maximum atomic E-state index is 12.1. The van der Waals surface area contributed by atoms with E-state index in [9.17, 15) is 9.59 Å². The maximum absolute atomic E-state index is 12.1. The van der Waals surface area contributed by atoms with Crippen LogP contribution in [0.5, 0.6) is 0 Å². The molecule has 7 nitrogen and oxygen atoms in total. The van der Waals surface area contributed by atoms with E-state index in [-0.39, 0.29) is 17.7 Å². The van der Waals surface area contributed by atoms with E-state index in [2.05, 4.69) is 27.4 Å². The number of hydrogen-bond acceptors (Lipinski definition) is 4. The van der Waals surface area contributed by atoms with Crippen LogP contribution in [-0.4, -0.2) is 46.1 Å². The second-order valence-corrected chi connectivity index (χ2v) is 7.39. The first kappa shape index (κ1) is 20.1. The number of carbonyl (C=O) groups is 2. The molecule has 1 saturated heterocycles. The number of aromatic nitrogens is 2. The Labute approximate surface area is 165 Å². The molecule has 2 amide bonds. The summed E-state index contributed by atoms with van der Waals surface area (Å²) in [6.07, 6.45) is 7.56. The van der Waals surface area contributed by atoms with Crippen LogP contribution >= 0.6 is 0 Å². The number of amides is 2. The van der Waals surface area contributed by atoms with Gasteiger partial charge in [-0.2, -0.15) is 5.10 Å². The summed E-state index contributed by atoms with van der Waals surface area (Å²) in [7, 11) is 0. The van der Waals surface area contributed by atoms with Gasteiger partial charge in [-0.3, -0.25) is 14.3 Å². The van der Waals surface area contributed by atoms with Crippen LogP contribution in [0.2, 0.25) is 0 Å². The van der Waals surface area contributed by atoms with Gasteiger partial charge in [0.15, 0.2) is 0 Å². The standard InChI is InChI=1S/C21H29N5O2/c22-21(28)18-9-15-25(16-10-18)14-8-17-4-6-19(7-5-17)24-20(27)3-1-12-26-13-2-11-23-26/h2,4-7,11,13,18H,1,3,8-10,12,14-16H2,(H2,22,28)(H,24,27).